The van der Waals surface area contributed by atoms with Crippen molar-refractivity contribution in [3.63, 3.8) is 0 Å². The van der Waals surface area contributed by atoms with Crippen LogP contribution in [-0.4, -0.2) is 36.0 Å². The van der Waals surface area contributed by atoms with Crippen molar-refractivity contribution in [2.24, 2.45) is 0 Å². The molecule has 1 N–H and O–H groups in total. The summed E-state index contributed by atoms with van der Waals surface area (Å²) in [5.41, 5.74) is -0.155. The average Bonchev–Trinajstić information content (AvgIpc) is 2.71. The summed E-state index contributed by atoms with van der Waals surface area (Å²) >= 11 is 1.69. The largest absolute Gasteiger partial charge is 0.378 e. The maximum absolute atomic E-state index is 5.39. The molecule has 5 heteroatoms. The van der Waals surface area contributed by atoms with E-state index in [1.165, 1.54) is 6.42 Å². The SMILES string of the molecule is CCCNCCc1nnc(CC(C)(C)OC)s1. The minimum Gasteiger partial charge on any atom is -0.378 e. The summed E-state index contributed by atoms with van der Waals surface area (Å²) in [7, 11) is 1.73. The smallest absolute Gasteiger partial charge is 0.120 e. The second-order valence-electron chi connectivity index (χ2n) is 4.73. The van der Waals surface area contributed by atoms with Crippen molar-refractivity contribution in [1.29, 1.82) is 0 Å². The van der Waals surface area contributed by atoms with Gasteiger partial charge in [-0.2, -0.15) is 0 Å². The average molecular weight is 257 g/mol. The summed E-state index contributed by atoms with van der Waals surface area (Å²) < 4.78 is 5.39. The number of ether oxygens (including phenoxy) is 1. The second-order valence-corrected chi connectivity index (χ2v) is 5.88. The van der Waals surface area contributed by atoms with E-state index in [2.05, 4.69) is 36.3 Å². The van der Waals surface area contributed by atoms with E-state index in [4.69, 9.17) is 4.74 Å². The van der Waals surface area contributed by atoms with Crippen molar-refractivity contribution in [1.82, 2.24) is 15.5 Å². The molecule has 1 rings (SSSR count). The predicted molar refractivity (Wildman–Crippen MR) is 71.6 cm³/mol. The van der Waals surface area contributed by atoms with Gasteiger partial charge < -0.3 is 10.1 Å². The lowest BCUT2D eigenvalue weighted by Gasteiger charge is -2.20. The van der Waals surface area contributed by atoms with Gasteiger partial charge in [0.2, 0.25) is 0 Å². The Bertz CT molecular complexity index is 325. The molecule has 0 amide bonds. The maximum Gasteiger partial charge on any atom is 0.120 e. The lowest BCUT2D eigenvalue weighted by Crippen LogP contribution is -2.25. The summed E-state index contributed by atoms with van der Waals surface area (Å²) in [6, 6.07) is 0. The fourth-order valence-corrected chi connectivity index (χ4v) is 2.45. The number of rotatable bonds is 8. The van der Waals surface area contributed by atoms with Gasteiger partial charge in [0.05, 0.1) is 5.60 Å². The van der Waals surface area contributed by atoms with Gasteiger partial charge in [-0.05, 0) is 26.8 Å². The Morgan fingerprint density at radius 1 is 1.24 bits per heavy atom. The van der Waals surface area contributed by atoms with Crippen molar-refractivity contribution < 1.29 is 4.74 Å². The number of methoxy groups -OCH3 is 1. The highest BCUT2D eigenvalue weighted by Gasteiger charge is 2.19. The van der Waals surface area contributed by atoms with Gasteiger partial charge in [-0.15, -0.1) is 21.5 Å². The summed E-state index contributed by atoms with van der Waals surface area (Å²) in [5, 5.41) is 13.9. The number of nitrogens with zero attached hydrogens (tertiary/aromatic N) is 2. The topological polar surface area (TPSA) is 47.0 Å². The molecule has 0 spiro atoms. The molecule has 0 aromatic carbocycles. The molecular formula is C12H23N3OS. The third-order valence-corrected chi connectivity index (χ3v) is 3.56. The van der Waals surface area contributed by atoms with Crippen LogP contribution in [0.2, 0.25) is 0 Å². The van der Waals surface area contributed by atoms with Crippen LogP contribution in [0.15, 0.2) is 0 Å². The predicted octanol–water partition coefficient (Wildman–Crippen LogP) is 2.05. The number of hydrogen-bond donors (Lipinski definition) is 1. The minimum absolute atomic E-state index is 0.155. The number of nitrogens with one attached hydrogen (secondary N) is 1. The van der Waals surface area contributed by atoms with Crippen LogP contribution in [0.25, 0.3) is 0 Å². The number of aromatic nitrogens is 2. The van der Waals surface area contributed by atoms with Gasteiger partial charge in [0, 0.05) is 26.5 Å². The monoisotopic (exact) mass is 257 g/mol. The van der Waals surface area contributed by atoms with E-state index in [-0.39, 0.29) is 5.60 Å². The Balaban J connectivity index is 2.37. The number of hydrogen-bond acceptors (Lipinski definition) is 5. The van der Waals surface area contributed by atoms with Crippen LogP contribution in [-0.2, 0) is 17.6 Å². The van der Waals surface area contributed by atoms with Crippen LogP contribution in [0, 0.1) is 0 Å². The van der Waals surface area contributed by atoms with Crippen molar-refractivity contribution >= 4 is 11.3 Å². The molecule has 17 heavy (non-hydrogen) atoms. The molecule has 0 atom stereocenters. The van der Waals surface area contributed by atoms with Crippen LogP contribution in [0.5, 0.6) is 0 Å². The third kappa shape index (κ3) is 5.57. The molecule has 1 aromatic rings. The lowest BCUT2D eigenvalue weighted by molar-refractivity contribution is 0.0230. The van der Waals surface area contributed by atoms with Crippen LogP contribution < -0.4 is 5.32 Å². The summed E-state index contributed by atoms with van der Waals surface area (Å²) in [5.74, 6) is 0. The van der Waals surface area contributed by atoms with Crippen molar-refractivity contribution in [3.05, 3.63) is 10.0 Å². The molecule has 1 heterocycles. The molecule has 0 bridgehead atoms. The van der Waals surface area contributed by atoms with Gasteiger partial charge in [0.15, 0.2) is 0 Å². The fraction of sp³-hybridized carbons (Fsp3) is 0.833. The molecule has 1 aromatic heterocycles. The highest BCUT2D eigenvalue weighted by atomic mass is 32.1. The maximum atomic E-state index is 5.39. The zero-order valence-electron chi connectivity index (χ0n) is 11.2. The van der Waals surface area contributed by atoms with E-state index in [9.17, 15) is 0 Å². The Labute approximate surface area is 108 Å². The van der Waals surface area contributed by atoms with Crippen molar-refractivity contribution in [3.8, 4) is 0 Å². The van der Waals surface area contributed by atoms with Crippen LogP contribution in [0.3, 0.4) is 0 Å². The second kappa shape index (κ2) is 7.03. The van der Waals surface area contributed by atoms with E-state index in [0.717, 1.165) is 35.9 Å². The molecule has 0 saturated heterocycles. The molecule has 0 aliphatic rings. The van der Waals surface area contributed by atoms with Crippen LogP contribution in [0.4, 0.5) is 0 Å². The first kappa shape index (κ1) is 14.5. The van der Waals surface area contributed by atoms with Crippen LogP contribution >= 0.6 is 11.3 Å². The molecule has 98 valence electrons. The van der Waals surface area contributed by atoms with Gasteiger partial charge in [0.1, 0.15) is 10.0 Å². The van der Waals surface area contributed by atoms with E-state index in [1.54, 1.807) is 18.4 Å². The molecular weight excluding hydrogens is 234 g/mol. The van der Waals surface area contributed by atoms with Gasteiger partial charge in [-0.1, -0.05) is 6.92 Å². The quantitative estimate of drug-likeness (QED) is 0.724. The first-order valence-electron chi connectivity index (χ1n) is 6.14. The van der Waals surface area contributed by atoms with Crippen molar-refractivity contribution in [2.75, 3.05) is 20.2 Å². The van der Waals surface area contributed by atoms with Crippen molar-refractivity contribution in [2.45, 2.75) is 45.6 Å². The Morgan fingerprint density at radius 3 is 2.59 bits per heavy atom. The highest BCUT2D eigenvalue weighted by molar-refractivity contribution is 7.11. The molecule has 0 aliphatic heterocycles. The molecule has 0 aliphatic carbocycles. The fourth-order valence-electron chi connectivity index (χ4n) is 1.39. The summed E-state index contributed by atoms with van der Waals surface area (Å²) in [6.07, 6.45) is 2.96. The van der Waals surface area contributed by atoms with Gasteiger partial charge >= 0.3 is 0 Å². The Kier molecular flexibility index (Phi) is 6.02. The van der Waals surface area contributed by atoms with E-state index >= 15 is 0 Å². The Morgan fingerprint density at radius 2 is 1.94 bits per heavy atom. The van der Waals surface area contributed by atoms with Crippen LogP contribution in [0.1, 0.15) is 37.2 Å². The highest BCUT2D eigenvalue weighted by Crippen LogP contribution is 2.19. The molecule has 0 unspecified atom stereocenters. The zero-order valence-corrected chi connectivity index (χ0v) is 12.1. The van der Waals surface area contributed by atoms with Gasteiger partial charge in [-0.3, -0.25) is 0 Å². The molecule has 0 saturated carbocycles. The Hall–Kier alpha value is -0.520. The van der Waals surface area contributed by atoms with Gasteiger partial charge in [-0.25, -0.2) is 0 Å². The summed E-state index contributed by atoms with van der Waals surface area (Å²) in [6.45, 7) is 8.36. The van der Waals surface area contributed by atoms with E-state index < -0.39 is 0 Å². The minimum atomic E-state index is -0.155. The first-order valence-corrected chi connectivity index (χ1v) is 6.96. The zero-order chi connectivity index (χ0) is 12.7. The van der Waals surface area contributed by atoms with E-state index in [0.29, 0.717) is 0 Å². The first-order chi connectivity index (χ1) is 8.07. The van der Waals surface area contributed by atoms with E-state index in [1.807, 2.05) is 0 Å². The molecule has 0 radical (unpaired) electrons. The molecule has 0 fully saturated rings. The third-order valence-electron chi connectivity index (χ3n) is 2.58. The lowest BCUT2D eigenvalue weighted by atomic mass is 10.1. The standard InChI is InChI=1S/C12H23N3OS/c1-5-7-13-8-6-10-14-15-11(17-10)9-12(2,3)16-4/h13H,5-9H2,1-4H3. The van der Waals surface area contributed by atoms with Gasteiger partial charge in [0.25, 0.3) is 0 Å². The normalized spacial score (nSPS) is 12.0. The molecule has 4 nitrogen and oxygen atoms in total. The summed E-state index contributed by atoms with van der Waals surface area (Å²) in [4.78, 5) is 0.